The van der Waals surface area contributed by atoms with Crippen molar-refractivity contribution < 1.29 is 9.59 Å². The smallest absolute Gasteiger partial charge is 0.317 e. The van der Waals surface area contributed by atoms with E-state index in [1.54, 1.807) is 17.0 Å². The first-order chi connectivity index (χ1) is 12.8. The van der Waals surface area contributed by atoms with Crippen LogP contribution in [0.25, 0.3) is 0 Å². The second-order valence-corrected chi connectivity index (χ2v) is 8.77. The highest BCUT2D eigenvalue weighted by atomic mass is 35.5. The van der Waals surface area contributed by atoms with Crippen LogP contribution in [0.5, 0.6) is 0 Å². The highest BCUT2D eigenvalue weighted by Crippen LogP contribution is 2.21. The second-order valence-electron chi connectivity index (χ2n) is 8.36. The maximum atomic E-state index is 12.7. The van der Waals surface area contributed by atoms with Crippen molar-refractivity contribution in [2.75, 3.05) is 32.7 Å². The van der Waals surface area contributed by atoms with Gasteiger partial charge in [-0.25, -0.2) is 4.79 Å². The lowest BCUT2D eigenvalue weighted by Crippen LogP contribution is -2.43. The van der Waals surface area contributed by atoms with Gasteiger partial charge in [-0.05, 0) is 36.8 Å². The minimum absolute atomic E-state index is 0.0298. The van der Waals surface area contributed by atoms with Crippen molar-refractivity contribution in [1.82, 2.24) is 15.1 Å². The normalized spacial score (nSPS) is 15.4. The molecule has 27 heavy (non-hydrogen) atoms. The zero-order valence-electron chi connectivity index (χ0n) is 16.8. The molecule has 150 valence electrons. The first-order valence-electron chi connectivity index (χ1n) is 9.84. The number of rotatable bonds is 5. The van der Waals surface area contributed by atoms with E-state index in [2.05, 4.69) is 26.1 Å². The number of benzene rings is 1. The number of halogens is 1. The van der Waals surface area contributed by atoms with Crippen LogP contribution in [0.1, 0.15) is 56.8 Å². The van der Waals surface area contributed by atoms with Crippen LogP contribution in [0.2, 0.25) is 5.02 Å². The van der Waals surface area contributed by atoms with E-state index in [1.807, 2.05) is 17.0 Å². The van der Waals surface area contributed by atoms with Gasteiger partial charge < -0.3 is 15.1 Å². The Kier molecular flexibility index (Phi) is 7.96. The number of carbonyl (C=O) groups excluding carboxylic acids is 2. The Balaban J connectivity index is 1.78. The van der Waals surface area contributed by atoms with E-state index >= 15 is 0 Å². The molecular formula is C21H32ClN3O2. The minimum Gasteiger partial charge on any atom is -0.338 e. The summed E-state index contributed by atoms with van der Waals surface area (Å²) in [5.74, 6) is -0.0648. The van der Waals surface area contributed by atoms with E-state index in [0.29, 0.717) is 48.7 Å². The van der Waals surface area contributed by atoms with Gasteiger partial charge in [0.1, 0.15) is 0 Å². The van der Waals surface area contributed by atoms with Crippen molar-refractivity contribution in [3.63, 3.8) is 0 Å². The number of nitrogens with one attached hydrogen (secondary N) is 1. The standard InChI is InChI=1S/C21H32ClN3O2/c1-21(2,3)11-6-7-12-23-20(27)25-14-8-13-24(15-16-25)19(26)17-9-4-5-10-18(17)22/h4-5,9-10H,6-8,11-16H2,1-3H3,(H,23,27). The molecule has 1 saturated heterocycles. The molecule has 0 spiro atoms. The Morgan fingerprint density at radius 1 is 1.04 bits per heavy atom. The fourth-order valence-corrected chi connectivity index (χ4v) is 3.43. The van der Waals surface area contributed by atoms with Crippen LogP contribution in [0.4, 0.5) is 4.79 Å². The molecule has 0 bridgehead atoms. The van der Waals surface area contributed by atoms with Gasteiger partial charge in [0.25, 0.3) is 5.91 Å². The molecule has 6 heteroatoms. The average molecular weight is 394 g/mol. The molecule has 1 aliphatic heterocycles. The van der Waals surface area contributed by atoms with Gasteiger partial charge in [0.05, 0.1) is 10.6 Å². The predicted molar refractivity (Wildman–Crippen MR) is 110 cm³/mol. The summed E-state index contributed by atoms with van der Waals surface area (Å²) in [6, 6.07) is 7.08. The van der Waals surface area contributed by atoms with Crippen molar-refractivity contribution in [3.8, 4) is 0 Å². The lowest BCUT2D eigenvalue weighted by atomic mass is 9.90. The number of carbonyl (C=O) groups is 2. The summed E-state index contributed by atoms with van der Waals surface area (Å²) in [5.41, 5.74) is 0.864. The van der Waals surface area contributed by atoms with Gasteiger partial charge in [-0.3, -0.25) is 4.79 Å². The molecule has 1 aromatic carbocycles. The first kappa shape index (κ1) is 21.5. The number of hydrogen-bond acceptors (Lipinski definition) is 2. The fraction of sp³-hybridized carbons (Fsp3) is 0.619. The van der Waals surface area contributed by atoms with Crippen molar-refractivity contribution >= 4 is 23.5 Å². The third-order valence-corrected chi connectivity index (χ3v) is 5.13. The van der Waals surface area contributed by atoms with E-state index in [0.717, 1.165) is 25.7 Å². The Hall–Kier alpha value is -1.75. The molecule has 1 N–H and O–H groups in total. The molecule has 0 unspecified atom stereocenters. The van der Waals surface area contributed by atoms with Crippen LogP contribution in [0, 0.1) is 5.41 Å². The van der Waals surface area contributed by atoms with Gasteiger partial charge in [0.2, 0.25) is 0 Å². The Morgan fingerprint density at radius 2 is 1.70 bits per heavy atom. The molecule has 2 rings (SSSR count). The van der Waals surface area contributed by atoms with Gasteiger partial charge in [-0.1, -0.05) is 50.9 Å². The summed E-state index contributed by atoms with van der Waals surface area (Å²) < 4.78 is 0. The fourth-order valence-electron chi connectivity index (χ4n) is 3.22. The van der Waals surface area contributed by atoms with Gasteiger partial charge in [0.15, 0.2) is 0 Å². The molecule has 5 nitrogen and oxygen atoms in total. The summed E-state index contributed by atoms with van der Waals surface area (Å²) in [5, 5.41) is 3.48. The molecular weight excluding hydrogens is 362 g/mol. The van der Waals surface area contributed by atoms with Crippen LogP contribution in [0.3, 0.4) is 0 Å². The quantitative estimate of drug-likeness (QED) is 0.753. The van der Waals surface area contributed by atoms with Gasteiger partial charge >= 0.3 is 6.03 Å². The third-order valence-electron chi connectivity index (χ3n) is 4.80. The van der Waals surface area contributed by atoms with Crippen LogP contribution in [0.15, 0.2) is 24.3 Å². The molecule has 1 aliphatic rings. The number of nitrogens with zero attached hydrogens (tertiary/aromatic N) is 2. The molecule has 3 amide bonds. The van der Waals surface area contributed by atoms with Gasteiger partial charge in [-0.15, -0.1) is 0 Å². The molecule has 1 heterocycles. The predicted octanol–water partition coefficient (Wildman–Crippen LogP) is 4.41. The van der Waals surface area contributed by atoms with Crippen LogP contribution < -0.4 is 5.32 Å². The van der Waals surface area contributed by atoms with Crippen molar-refractivity contribution in [1.29, 1.82) is 0 Å². The Labute approximate surface area is 168 Å². The zero-order chi connectivity index (χ0) is 19.9. The highest BCUT2D eigenvalue weighted by molar-refractivity contribution is 6.33. The zero-order valence-corrected chi connectivity index (χ0v) is 17.5. The number of amides is 3. The summed E-state index contributed by atoms with van der Waals surface area (Å²) in [4.78, 5) is 28.7. The van der Waals surface area contributed by atoms with E-state index in [1.165, 1.54) is 0 Å². The topological polar surface area (TPSA) is 52.7 Å². The Morgan fingerprint density at radius 3 is 2.41 bits per heavy atom. The van der Waals surface area contributed by atoms with Crippen molar-refractivity contribution in [2.24, 2.45) is 5.41 Å². The minimum atomic E-state index is -0.0648. The molecule has 1 aromatic rings. The molecule has 0 atom stereocenters. The first-order valence-corrected chi connectivity index (χ1v) is 10.2. The lowest BCUT2D eigenvalue weighted by molar-refractivity contribution is 0.0762. The molecule has 0 radical (unpaired) electrons. The van der Waals surface area contributed by atoms with E-state index in [4.69, 9.17) is 11.6 Å². The second kappa shape index (κ2) is 9.98. The average Bonchev–Trinajstić information content (AvgIpc) is 2.86. The maximum absolute atomic E-state index is 12.7. The monoisotopic (exact) mass is 393 g/mol. The van der Waals surface area contributed by atoms with E-state index in [9.17, 15) is 9.59 Å². The largest absolute Gasteiger partial charge is 0.338 e. The molecule has 1 fully saturated rings. The summed E-state index contributed by atoms with van der Waals surface area (Å²) >= 11 is 6.15. The Bertz CT molecular complexity index is 643. The van der Waals surface area contributed by atoms with Crippen LogP contribution in [-0.2, 0) is 0 Å². The SMILES string of the molecule is CC(C)(C)CCCCNC(=O)N1CCCN(C(=O)c2ccccc2Cl)CC1. The number of hydrogen-bond donors (Lipinski definition) is 1. The third kappa shape index (κ3) is 7.06. The molecule has 0 saturated carbocycles. The summed E-state index contributed by atoms with van der Waals surface area (Å²) in [6.45, 7) is 9.79. The maximum Gasteiger partial charge on any atom is 0.317 e. The highest BCUT2D eigenvalue weighted by Gasteiger charge is 2.23. The van der Waals surface area contributed by atoms with E-state index in [-0.39, 0.29) is 11.9 Å². The summed E-state index contributed by atoms with van der Waals surface area (Å²) in [6.07, 6.45) is 4.04. The number of urea groups is 1. The van der Waals surface area contributed by atoms with Crippen LogP contribution >= 0.6 is 11.6 Å². The summed E-state index contributed by atoms with van der Waals surface area (Å²) in [7, 11) is 0. The van der Waals surface area contributed by atoms with E-state index < -0.39 is 0 Å². The van der Waals surface area contributed by atoms with Crippen molar-refractivity contribution in [3.05, 3.63) is 34.9 Å². The van der Waals surface area contributed by atoms with Gasteiger partial charge in [-0.2, -0.15) is 0 Å². The molecule has 0 aromatic heterocycles. The van der Waals surface area contributed by atoms with Crippen molar-refractivity contribution in [2.45, 2.75) is 46.5 Å². The number of unbranched alkanes of at least 4 members (excludes halogenated alkanes) is 1. The van der Waals surface area contributed by atoms with Gasteiger partial charge in [0, 0.05) is 32.7 Å². The van der Waals surface area contributed by atoms with Crippen LogP contribution in [-0.4, -0.2) is 54.5 Å². The molecule has 0 aliphatic carbocycles. The lowest BCUT2D eigenvalue weighted by Gasteiger charge is -2.23.